The number of rotatable bonds is 3. The lowest BCUT2D eigenvalue weighted by molar-refractivity contribution is -0.118. The van der Waals surface area contributed by atoms with Gasteiger partial charge in [-0.3, -0.25) is 9.78 Å². The number of nitrogens with one attached hydrogen (secondary N) is 1. The first-order valence-corrected chi connectivity index (χ1v) is 5.34. The van der Waals surface area contributed by atoms with Gasteiger partial charge in [0, 0.05) is 25.4 Å². The van der Waals surface area contributed by atoms with Crippen LogP contribution in [0.5, 0.6) is 0 Å². The number of aromatic nitrogens is 1. The molecule has 0 spiro atoms. The zero-order valence-electron chi connectivity index (χ0n) is 10.0. The lowest BCUT2D eigenvalue weighted by Gasteiger charge is -2.02. The largest absolute Gasteiger partial charge is 0.356 e. The first-order valence-electron chi connectivity index (χ1n) is 5.34. The predicted molar refractivity (Wildman–Crippen MR) is 62.7 cm³/mol. The SMILES string of the molecule is CC.CC(=O)NCCc1ccnc(C)c1. The van der Waals surface area contributed by atoms with Crippen LogP contribution < -0.4 is 5.32 Å². The number of carbonyl (C=O) groups excluding carboxylic acids is 1. The number of carbonyl (C=O) groups is 1. The molecule has 1 heterocycles. The lowest BCUT2D eigenvalue weighted by atomic mass is 10.2. The van der Waals surface area contributed by atoms with Crippen LogP contribution in [0.25, 0.3) is 0 Å². The minimum Gasteiger partial charge on any atom is -0.356 e. The summed E-state index contributed by atoms with van der Waals surface area (Å²) in [6.07, 6.45) is 2.65. The van der Waals surface area contributed by atoms with Gasteiger partial charge in [-0.05, 0) is 31.0 Å². The summed E-state index contributed by atoms with van der Waals surface area (Å²) in [7, 11) is 0. The molecule has 1 rings (SSSR count). The minimum atomic E-state index is 0.0192. The Bertz CT molecular complexity index is 297. The van der Waals surface area contributed by atoms with Crippen LogP contribution in [-0.2, 0) is 11.2 Å². The number of pyridine rings is 1. The van der Waals surface area contributed by atoms with E-state index in [2.05, 4.69) is 10.3 Å². The number of aryl methyl sites for hydroxylation is 1. The average Bonchev–Trinajstić information content (AvgIpc) is 2.20. The highest BCUT2D eigenvalue weighted by Gasteiger charge is 1.94. The van der Waals surface area contributed by atoms with Crippen LogP contribution in [0.4, 0.5) is 0 Å². The molecule has 1 aromatic heterocycles. The van der Waals surface area contributed by atoms with Crippen molar-refractivity contribution in [3.05, 3.63) is 29.6 Å². The van der Waals surface area contributed by atoms with E-state index >= 15 is 0 Å². The second kappa shape index (κ2) is 7.97. The molecule has 0 radical (unpaired) electrons. The van der Waals surface area contributed by atoms with Crippen molar-refractivity contribution < 1.29 is 4.79 Å². The number of amides is 1. The normalized spacial score (nSPS) is 8.80. The third-order valence-corrected chi connectivity index (χ3v) is 1.75. The molecule has 1 amide bonds. The van der Waals surface area contributed by atoms with Gasteiger partial charge in [0.25, 0.3) is 0 Å². The molecule has 0 saturated heterocycles. The van der Waals surface area contributed by atoms with Crippen molar-refractivity contribution in [2.45, 2.75) is 34.1 Å². The molecule has 3 heteroatoms. The number of hydrogen-bond acceptors (Lipinski definition) is 2. The van der Waals surface area contributed by atoms with Crippen molar-refractivity contribution in [1.82, 2.24) is 10.3 Å². The Morgan fingerprint density at radius 1 is 1.47 bits per heavy atom. The van der Waals surface area contributed by atoms with Crippen LogP contribution in [0.2, 0.25) is 0 Å². The van der Waals surface area contributed by atoms with Crippen LogP contribution >= 0.6 is 0 Å². The fourth-order valence-electron chi connectivity index (χ4n) is 1.14. The van der Waals surface area contributed by atoms with Crippen molar-refractivity contribution in [1.29, 1.82) is 0 Å². The number of nitrogens with zero attached hydrogens (tertiary/aromatic N) is 1. The summed E-state index contributed by atoms with van der Waals surface area (Å²) in [6.45, 7) is 8.18. The Kier molecular flexibility index (Phi) is 7.24. The van der Waals surface area contributed by atoms with E-state index in [0.717, 1.165) is 12.1 Å². The van der Waals surface area contributed by atoms with E-state index in [4.69, 9.17) is 0 Å². The van der Waals surface area contributed by atoms with E-state index in [1.807, 2.05) is 32.9 Å². The van der Waals surface area contributed by atoms with Crippen molar-refractivity contribution in [2.75, 3.05) is 6.54 Å². The summed E-state index contributed by atoms with van der Waals surface area (Å²) in [4.78, 5) is 14.7. The molecule has 0 unspecified atom stereocenters. The van der Waals surface area contributed by atoms with E-state index in [-0.39, 0.29) is 5.91 Å². The molecule has 0 saturated carbocycles. The van der Waals surface area contributed by atoms with E-state index in [1.165, 1.54) is 12.5 Å². The van der Waals surface area contributed by atoms with Crippen molar-refractivity contribution in [2.24, 2.45) is 0 Å². The van der Waals surface area contributed by atoms with Crippen LogP contribution in [-0.4, -0.2) is 17.4 Å². The first-order chi connectivity index (χ1) is 7.18. The molecule has 0 atom stereocenters. The lowest BCUT2D eigenvalue weighted by Crippen LogP contribution is -2.22. The fourth-order valence-corrected chi connectivity index (χ4v) is 1.14. The Hall–Kier alpha value is -1.38. The van der Waals surface area contributed by atoms with Gasteiger partial charge in [-0.1, -0.05) is 13.8 Å². The average molecular weight is 208 g/mol. The summed E-state index contributed by atoms with van der Waals surface area (Å²) in [5.74, 6) is 0.0192. The van der Waals surface area contributed by atoms with Crippen LogP contribution in [0.1, 0.15) is 32.0 Å². The second-order valence-corrected chi connectivity index (χ2v) is 3.04. The summed E-state index contributed by atoms with van der Waals surface area (Å²) in [6, 6.07) is 4.00. The van der Waals surface area contributed by atoms with Gasteiger partial charge in [-0.15, -0.1) is 0 Å². The van der Waals surface area contributed by atoms with Gasteiger partial charge >= 0.3 is 0 Å². The predicted octanol–water partition coefficient (Wildman–Crippen LogP) is 2.09. The van der Waals surface area contributed by atoms with Gasteiger partial charge in [0.15, 0.2) is 0 Å². The molecular weight excluding hydrogens is 188 g/mol. The van der Waals surface area contributed by atoms with Crippen molar-refractivity contribution in [3.8, 4) is 0 Å². The molecule has 0 aromatic carbocycles. The van der Waals surface area contributed by atoms with Gasteiger partial charge in [-0.25, -0.2) is 0 Å². The van der Waals surface area contributed by atoms with Crippen molar-refractivity contribution in [3.63, 3.8) is 0 Å². The topological polar surface area (TPSA) is 42.0 Å². The maximum absolute atomic E-state index is 10.6. The summed E-state index contributed by atoms with van der Waals surface area (Å²) >= 11 is 0. The van der Waals surface area contributed by atoms with Gasteiger partial charge < -0.3 is 5.32 Å². The third kappa shape index (κ3) is 6.66. The standard InChI is InChI=1S/C10H14N2O.C2H6/c1-8-7-10(3-5-11-8)4-6-12-9(2)13;1-2/h3,5,7H,4,6H2,1-2H3,(H,12,13);1-2H3. The van der Waals surface area contributed by atoms with E-state index < -0.39 is 0 Å². The highest BCUT2D eigenvalue weighted by atomic mass is 16.1. The maximum atomic E-state index is 10.6. The molecule has 0 bridgehead atoms. The quantitative estimate of drug-likeness (QED) is 0.826. The molecule has 0 aliphatic carbocycles. The molecule has 0 fully saturated rings. The molecular formula is C12H20N2O. The van der Waals surface area contributed by atoms with E-state index in [1.54, 1.807) is 6.20 Å². The highest BCUT2D eigenvalue weighted by molar-refractivity contribution is 5.72. The number of hydrogen-bond donors (Lipinski definition) is 1. The summed E-state index contributed by atoms with van der Waals surface area (Å²) in [5.41, 5.74) is 2.22. The van der Waals surface area contributed by atoms with Gasteiger partial charge in [0.2, 0.25) is 5.91 Å². The van der Waals surface area contributed by atoms with Gasteiger partial charge in [0.1, 0.15) is 0 Å². The first kappa shape index (κ1) is 13.6. The zero-order valence-corrected chi connectivity index (χ0v) is 10.0. The second-order valence-electron chi connectivity index (χ2n) is 3.04. The van der Waals surface area contributed by atoms with Gasteiger partial charge in [0.05, 0.1) is 0 Å². The smallest absolute Gasteiger partial charge is 0.216 e. The fraction of sp³-hybridized carbons (Fsp3) is 0.500. The minimum absolute atomic E-state index is 0.0192. The Morgan fingerprint density at radius 3 is 2.67 bits per heavy atom. The Morgan fingerprint density at radius 2 is 2.13 bits per heavy atom. The molecule has 0 aliphatic rings. The Labute approximate surface area is 91.9 Å². The highest BCUT2D eigenvalue weighted by Crippen LogP contribution is 2.00. The zero-order chi connectivity index (χ0) is 11.7. The Balaban J connectivity index is 0.000000921. The maximum Gasteiger partial charge on any atom is 0.216 e. The van der Waals surface area contributed by atoms with Crippen LogP contribution in [0.15, 0.2) is 18.3 Å². The summed E-state index contributed by atoms with van der Waals surface area (Å²) < 4.78 is 0. The van der Waals surface area contributed by atoms with Crippen LogP contribution in [0.3, 0.4) is 0 Å². The molecule has 3 nitrogen and oxygen atoms in total. The molecule has 84 valence electrons. The van der Waals surface area contributed by atoms with Crippen LogP contribution in [0, 0.1) is 6.92 Å². The molecule has 0 aliphatic heterocycles. The van der Waals surface area contributed by atoms with E-state index in [0.29, 0.717) is 6.54 Å². The van der Waals surface area contributed by atoms with Gasteiger partial charge in [-0.2, -0.15) is 0 Å². The van der Waals surface area contributed by atoms with E-state index in [9.17, 15) is 4.79 Å². The molecule has 1 aromatic rings. The monoisotopic (exact) mass is 208 g/mol. The molecule has 1 N–H and O–H groups in total. The van der Waals surface area contributed by atoms with Crippen molar-refractivity contribution >= 4 is 5.91 Å². The molecule has 15 heavy (non-hydrogen) atoms. The summed E-state index contributed by atoms with van der Waals surface area (Å²) in [5, 5.41) is 2.75. The third-order valence-electron chi connectivity index (χ3n) is 1.75.